The molecule has 0 bridgehead atoms. The van der Waals surface area contributed by atoms with Gasteiger partial charge in [0.25, 0.3) is 0 Å². The number of amidine groups is 1. The first-order valence-electron chi connectivity index (χ1n) is 7.17. The van der Waals surface area contributed by atoms with Crippen molar-refractivity contribution >= 4 is 5.84 Å². The molecule has 1 aliphatic rings. The van der Waals surface area contributed by atoms with E-state index in [-0.39, 0.29) is 5.41 Å². The molecule has 1 saturated heterocycles. The van der Waals surface area contributed by atoms with Gasteiger partial charge in [0.1, 0.15) is 0 Å². The third-order valence-corrected chi connectivity index (χ3v) is 4.07. The Morgan fingerprint density at radius 1 is 1.17 bits per heavy atom. The lowest BCUT2D eigenvalue weighted by atomic mass is 9.86. The number of unbranched alkanes of at least 4 members (excludes halogenated alkanes) is 1. The van der Waals surface area contributed by atoms with Crippen molar-refractivity contribution in [2.45, 2.75) is 39.5 Å². The molecule has 0 aromatic heterocycles. The van der Waals surface area contributed by atoms with Gasteiger partial charge in [-0.15, -0.1) is 0 Å². The molecule has 0 unspecified atom stereocenters. The molecular weight excluding hydrogens is 224 g/mol. The number of nitrogens with zero attached hydrogens (tertiary/aromatic N) is 2. The molecule has 0 aromatic carbocycles. The summed E-state index contributed by atoms with van der Waals surface area (Å²) < 4.78 is 0. The highest BCUT2D eigenvalue weighted by Gasteiger charge is 2.21. The molecule has 0 aliphatic carbocycles. The SMILES string of the molecule is CN1CCCN(CCCCC(C)(C)C(=N)N)CC1. The Morgan fingerprint density at radius 2 is 1.89 bits per heavy atom. The van der Waals surface area contributed by atoms with Crippen molar-refractivity contribution < 1.29 is 0 Å². The number of nitrogens with two attached hydrogens (primary N) is 1. The summed E-state index contributed by atoms with van der Waals surface area (Å²) in [6, 6.07) is 0. The maximum absolute atomic E-state index is 7.54. The van der Waals surface area contributed by atoms with Gasteiger partial charge in [-0.25, -0.2) is 0 Å². The van der Waals surface area contributed by atoms with Gasteiger partial charge in [-0.3, -0.25) is 5.41 Å². The van der Waals surface area contributed by atoms with E-state index < -0.39 is 0 Å². The summed E-state index contributed by atoms with van der Waals surface area (Å²) >= 11 is 0. The van der Waals surface area contributed by atoms with Crippen LogP contribution in [-0.4, -0.2) is 55.4 Å². The fourth-order valence-corrected chi connectivity index (χ4v) is 2.36. The zero-order valence-corrected chi connectivity index (χ0v) is 12.3. The number of hydrogen-bond donors (Lipinski definition) is 2. The molecule has 1 aliphatic heterocycles. The van der Waals surface area contributed by atoms with Crippen LogP contribution >= 0.6 is 0 Å². The normalized spacial score (nSPS) is 19.7. The maximum Gasteiger partial charge on any atom is 0.0963 e. The average Bonchev–Trinajstić information content (AvgIpc) is 2.49. The van der Waals surface area contributed by atoms with Gasteiger partial charge in [0.15, 0.2) is 0 Å². The lowest BCUT2D eigenvalue weighted by Crippen LogP contribution is -2.32. The quantitative estimate of drug-likeness (QED) is 0.431. The summed E-state index contributed by atoms with van der Waals surface area (Å²) in [4.78, 5) is 4.99. The van der Waals surface area contributed by atoms with E-state index in [9.17, 15) is 0 Å². The minimum Gasteiger partial charge on any atom is -0.387 e. The smallest absolute Gasteiger partial charge is 0.0963 e. The van der Waals surface area contributed by atoms with E-state index in [2.05, 4.69) is 30.7 Å². The van der Waals surface area contributed by atoms with Crippen molar-refractivity contribution in [1.82, 2.24) is 9.80 Å². The topological polar surface area (TPSA) is 56.4 Å². The second-order valence-corrected chi connectivity index (χ2v) is 6.25. The zero-order chi connectivity index (χ0) is 13.6. The molecule has 0 amide bonds. The van der Waals surface area contributed by atoms with E-state index in [4.69, 9.17) is 11.1 Å². The summed E-state index contributed by atoms with van der Waals surface area (Å²) in [6.45, 7) is 10.2. The van der Waals surface area contributed by atoms with Crippen LogP contribution in [0.2, 0.25) is 0 Å². The summed E-state index contributed by atoms with van der Waals surface area (Å²) in [5.41, 5.74) is 5.47. The monoisotopic (exact) mass is 254 g/mol. The van der Waals surface area contributed by atoms with E-state index in [0.29, 0.717) is 5.84 Å². The molecule has 0 atom stereocenters. The Bertz CT molecular complexity index is 263. The summed E-state index contributed by atoms with van der Waals surface area (Å²) in [7, 11) is 2.21. The number of nitrogens with one attached hydrogen (secondary N) is 1. The van der Waals surface area contributed by atoms with Gasteiger partial charge in [-0.05, 0) is 45.9 Å². The number of likely N-dealkylation sites (N-methyl/N-ethyl adjacent to an activating group) is 1. The first-order valence-corrected chi connectivity index (χ1v) is 7.17. The largest absolute Gasteiger partial charge is 0.387 e. The molecule has 1 heterocycles. The molecule has 1 rings (SSSR count). The molecule has 0 saturated carbocycles. The van der Waals surface area contributed by atoms with Crippen LogP contribution in [0.25, 0.3) is 0 Å². The van der Waals surface area contributed by atoms with E-state index in [1.807, 2.05) is 0 Å². The highest BCUT2D eigenvalue weighted by Crippen LogP contribution is 2.22. The van der Waals surface area contributed by atoms with Crippen molar-refractivity contribution in [3.63, 3.8) is 0 Å². The van der Waals surface area contributed by atoms with Gasteiger partial charge in [0.05, 0.1) is 5.84 Å². The van der Waals surface area contributed by atoms with Crippen LogP contribution in [0.3, 0.4) is 0 Å². The highest BCUT2D eigenvalue weighted by atomic mass is 15.2. The predicted octanol–water partition coefficient (Wildman–Crippen LogP) is 1.76. The predicted molar refractivity (Wildman–Crippen MR) is 78.1 cm³/mol. The second-order valence-electron chi connectivity index (χ2n) is 6.25. The molecule has 3 N–H and O–H groups in total. The van der Waals surface area contributed by atoms with Crippen LogP contribution in [0.4, 0.5) is 0 Å². The third kappa shape index (κ3) is 5.36. The summed E-state index contributed by atoms with van der Waals surface area (Å²) in [5.74, 6) is 0.318. The van der Waals surface area contributed by atoms with Gasteiger partial charge >= 0.3 is 0 Å². The Balaban J connectivity index is 2.16. The fourth-order valence-electron chi connectivity index (χ4n) is 2.36. The Hall–Kier alpha value is -0.610. The molecule has 1 fully saturated rings. The first kappa shape index (κ1) is 15.4. The third-order valence-electron chi connectivity index (χ3n) is 4.07. The Labute approximate surface area is 112 Å². The molecule has 4 nitrogen and oxygen atoms in total. The maximum atomic E-state index is 7.54. The minimum absolute atomic E-state index is 0.126. The summed E-state index contributed by atoms with van der Waals surface area (Å²) in [5, 5.41) is 7.54. The van der Waals surface area contributed by atoms with E-state index in [1.165, 1.54) is 52.0 Å². The fraction of sp³-hybridized carbons (Fsp3) is 0.929. The molecule has 106 valence electrons. The first-order chi connectivity index (χ1) is 8.42. The molecule has 4 heteroatoms. The molecule has 0 radical (unpaired) electrons. The van der Waals surface area contributed by atoms with E-state index in [0.717, 1.165) is 6.42 Å². The van der Waals surface area contributed by atoms with Crippen LogP contribution < -0.4 is 5.73 Å². The highest BCUT2D eigenvalue weighted by molar-refractivity contribution is 5.82. The van der Waals surface area contributed by atoms with Crippen molar-refractivity contribution in [1.29, 1.82) is 5.41 Å². The van der Waals surface area contributed by atoms with E-state index in [1.54, 1.807) is 0 Å². The lowest BCUT2D eigenvalue weighted by Gasteiger charge is -2.24. The van der Waals surface area contributed by atoms with Crippen molar-refractivity contribution in [3.8, 4) is 0 Å². The van der Waals surface area contributed by atoms with Gasteiger partial charge < -0.3 is 15.5 Å². The Morgan fingerprint density at radius 3 is 2.56 bits per heavy atom. The zero-order valence-electron chi connectivity index (χ0n) is 12.3. The van der Waals surface area contributed by atoms with Crippen LogP contribution in [0.5, 0.6) is 0 Å². The van der Waals surface area contributed by atoms with Crippen molar-refractivity contribution in [3.05, 3.63) is 0 Å². The van der Waals surface area contributed by atoms with Crippen LogP contribution in [-0.2, 0) is 0 Å². The number of rotatable bonds is 6. The molecule has 18 heavy (non-hydrogen) atoms. The summed E-state index contributed by atoms with van der Waals surface area (Å²) in [6.07, 6.45) is 4.70. The standard InChI is InChI=1S/C14H30N4/c1-14(2,13(15)16)7-4-5-9-18-10-6-8-17(3)11-12-18/h4-12H2,1-3H3,(H3,15,16). The Kier molecular flexibility index (Phi) is 6.09. The molecular formula is C14H30N4. The van der Waals surface area contributed by atoms with Gasteiger partial charge in [0.2, 0.25) is 0 Å². The molecule has 0 spiro atoms. The van der Waals surface area contributed by atoms with Gasteiger partial charge in [0, 0.05) is 18.5 Å². The lowest BCUT2D eigenvalue weighted by molar-refractivity contribution is 0.266. The van der Waals surface area contributed by atoms with E-state index >= 15 is 0 Å². The minimum atomic E-state index is -0.126. The van der Waals surface area contributed by atoms with Crippen LogP contribution in [0.1, 0.15) is 39.5 Å². The van der Waals surface area contributed by atoms with Gasteiger partial charge in [-0.2, -0.15) is 0 Å². The molecule has 0 aromatic rings. The number of hydrogen-bond acceptors (Lipinski definition) is 3. The van der Waals surface area contributed by atoms with Crippen molar-refractivity contribution in [2.75, 3.05) is 39.8 Å². The second kappa shape index (κ2) is 7.10. The van der Waals surface area contributed by atoms with Crippen LogP contribution in [0.15, 0.2) is 0 Å². The van der Waals surface area contributed by atoms with Crippen molar-refractivity contribution in [2.24, 2.45) is 11.1 Å². The van der Waals surface area contributed by atoms with Gasteiger partial charge in [-0.1, -0.05) is 20.3 Å². The van der Waals surface area contributed by atoms with Crippen LogP contribution in [0, 0.1) is 10.8 Å². The average molecular weight is 254 g/mol.